The molecule has 12 heteroatoms. The standard InChI is InChI=1S/C28H31ClF2N6O3/c1-15-13-36(14-16(2)28(15,30)31)27-32-12-20(29)25(35-27)33-18-5-6-22-19(11-18)23-24(26(39)37(22)8-9-38)40-10-7-21(34-23)17-3-4-17/h5-6,9,11-12,15-17,21,34H,3-4,7-8,10,13-14H2,1-2H3,(H,32,33,35)/t15-,16+,21?. The highest BCUT2D eigenvalue weighted by Gasteiger charge is 2.47. The lowest BCUT2D eigenvalue weighted by Crippen LogP contribution is -2.52. The van der Waals surface area contributed by atoms with Gasteiger partial charge in [-0.2, -0.15) is 4.98 Å². The minimum absolute atomic E-state index is 0.0996. The van der Waals surface area contributed by atoms with E-state index >= 15 is 0 Å². The van der Waals surface area contributed by atoms with Gasteiger partial charge in [0.1, 0.15) is 11.3 Å². The Hall–Kier alpha value is -3.47. The molecule has 212 valence electrons. The minimum Gasteiger partial charge on any atom is -0.486 e. The summed E-state index contributed by atoms with van der Waals surface area (Å²) >= 11 is 6.45. The average molecular weight is 573 g/mol. The SMILES string of the molecule is C[C@@H]1CN(c2ncc(Cl)c(Nc3ccc4c(c3)c3c(c(=O)n4CC=O)OCCC(C4CC4)N3)n2)C[C@H](C)C1(F)F. The number of benzene rings is 1. The van der Waals surface area contributed by atoms with Crippen molar-refractivity contribution < 1.29 is 18.3 Å². The van der Waals surface area contributed by atoms with Crippen molar-refractivity contribution in [2.24, 2.45) is 17.8 Å². The first-order valence-corrected chi connectivity index (χ1v) is 14.0. The van der Waals surface area contributed by atoms with E-state index in [1.54, 1.807) is 17.0 Å². The monoisotopic (exact) mass is 572 g/mol. The van der Waals surface area contributed by atoms with E-state index in [4.69, 9.17) is 16.3 Å². The molecule has 0 bridgehead atoms. The van der Waals surface area contributed by atoms with Gasteiger partial charge in [-0.1, -0.05) is 25.4 Å². The molecule has 1 unspecified atom stereocenters. The second-order valence-electron chi connectivity index (χ2n) is 11.1. The second-order valence-corrected chi connectivity index (χ2v) is 11.5. The normalized spacial score (nSPS) is 24.0. The molecule has 0 radical (unpaired) electrons. The molecule has 0 spiro atoms. The lowest BCUT2D eigenvalue weighted by molar-refractivity contribution is -0.108. The smallest absolute Gasteiger partial charge is 0.295 e. The third kappa shape index (κ3) is 4.74. The first-order valence-electron chi connectivity index (χ1n) is 13.6. The summed E-state index contributed by atoms with van der Waals surface area (Å²) in [6, 6.07) is 5.61. The summed E-state index contributed by atoms with van der Waals surface area (Å²) in [5.74, 6) is -3.05. The highest BCUT2D eigenvalue weighted by molar-refractivity contribution is 6.33. The summed E-state index contributed by atoms with van der Waals surface area (Å²) in [5.41, 5.74) is 1.50. The number of nitrogens with one attached hydrogen (secondary N) is 2. The number of hydrogen-bond acceptors (Lipinski definition) is 8. The summed E-state index contributed by atoms with van der Waals surface area (Å²) in [6.45, 7) is 3.64. The number of anilines is 4. The Morgan fingerprint density at radius 3 is 2.67 bits per heavy atom. The van der Waals surface area contributed by atoms with E-state index in [2.05, 4.69) is 20.6 Å². The van der Waals surface area contributed by atoms with E-state index in [9.17, 15) is 18.4 Å². The van der Waals surface area contributed by atoms with Crippen LogP contribution in [0, 0.1) is 17.8 Å². The molecule has 1 saturated heterocycles. The average Bonchev–Trinajstić information content (AvgIpc) is 3.78. The lowest BCUT2D eigenvalue weighted by atomic mass is 9.87. The van der Waals surface area contributed by atoms with Gasteiger partial charge in [0, 0.05) is 48.5 Å². The van der Waals surface area contributed by atoms with E-state index in [-0.39, 0.29) is 42.0 Å². The van der Waals surface area contributed by atoms with Crippen LogP contribution in [0.2, 0.25) is 5.02 Å². The predicted octanol–water partition coefficient (Wildman–Crippen LogP) is 5.09. The van der Waals surface area contributed by atoms with Crippen LogP contribution in [-0.2, 0) is 11.3 Å². The zero-order valence-corrected chi connectivity index (χ0v) is 23.0. The molecule has 40 heavy (non-hydrogen) atoms. The third-order valence-corrected chi connectivity index (χ3v) is 8.53. The van der Waals surface area contributed by atoms with Crippen molar-refractivity contribution in [2.45, 2.75) is 51.6 Å². The fourth-order valence-corrected chi connectivity index (χ4v) is 5.94. The molecule has 1 aromatic carbocycles. The molecule has 3 aliphatic rings. The number of rotatable bonds is 6. The van der Waals surface area contributed by atoms with Gasteiger partial charge in [0.2, 0.25) is 11.7 Å². The number of halogens is 3. The topological polar surface area (TPSA) is 101 Å². The first kappa shape index (κ1) is 26.7. The number of pyridine rings is 1. The van der Waals surface area contributed by atoms with Gasteiger partial charge in [-0.15, -0.1) is 0 Å². The Balaban J connectivity index is 1.37. The Labute approximate surface area is 234 Å². The van der Waals surface area contributed by atoms with Crippen molar-refractivity contribution in [1.82, 2.24) is 14.5 Å². The molecule has 9 nitrogen and oxygen atoms in total. The summed E-state index contributed by atoms with van der Waals surface area (Å²) < 4.78 is 36.2. The van der Waals surface area contributed by atoms with Gasteiger partial charge >= 0.3 is 0 Å². The fraction of sp³-hybridized carbons (Fsp3) is 0.500. The fourth-order valence-electron chi connectivity index (χ4n) is 5.80. The molecule has 3 aromatic rings. The quantitative estimate of drug-likeness (QED) is 0.394. The van der Waals surface area contributed by atoms with Crippen LogP contribution in [0.15, 0.2) is 29.2 Å². The van der Waals surface area contributed by atoms with Gasteiger partial charge in [-0.05, 0) is 37.0 Å². The highest BCUT2D eigenvalue weighted by Crippen LogP contribution is 2.42. The lowest BCUT2D eigenvalue weighted by Gasteiger charge is -2.41. The molecule has 2 aliphatic heterocycles. The van der Waals surface area contributed by atoms with E-state index < -0.39 is 17.8 Å². The molecule has 4 heterocycles. The van der Waals surface area contributed by atoms with Crippen molar-refractivity contribution >= 4 is 51.9 Å². The third-order valence-electron chi connectivity index (χ3n) is 8.26. The molecular formula is C28H31ClF2N6O3. The van der Waals surface area contributed by atoms with Crippen LogP contribution in [0.25, 0.3) is 10.9 Å². The molecule has 2 N–H and O–H groups in total. The van der Waals surface area contributed by atoms with E-state index in [1.807, 2.05) is 6.07 Å². The Morgan fingerprint density at radius 2 is 1.98 bits per heavy atom. The molecule has 0 amide bonds. The van der Waals surface area contributed by atoms with Gasteiger partial charge in [0.25, 0.3) is 11.5 Å². The van der Waals surface area contributed by atoms with Gasteiger partial charge in [-0.3, -0.25) is 9.36 Å². The molecule has 2 aromatic heterocycles. The van der Waals surface area contributed by atoms with Crippen LogP contribution in [0.3, 0.4) is 0 Å². The Morgan fingerprint density at radius 1 is 1.23 bits per heavy atom. The Bertz CT molecular complexity index is 1510. The van der Waals surface area contributed by atoms with Crippen LogP contribution in [0.4, 0.5) is 31.9 Å². The predicted molar refractivity (Wildman–Crippen MR) is 150 cm³/mol. The maximum atomic E-state index is 14.4. The number of aldehydes is 1. The van der Waals surface area contributed by atoms with Crippen molar-refractivity contribution in [3.05, 3.63) is 39.8 Å². The number of alkyl halides is 2. The number of nitrogens with zero attached hydrogens (tertiary/aromatic N) is 4. The molecule has 6 rings (SSSR count). The van der Waals surface area contributed by atoms with Gasteiger partial charge in [-0.25, -0.2) is 13.8 Å². The zero-order valence-electron chi connectivity index (χ0n) is 22.3. The van der Waals surface area contributed by atoms with Gasteiger partial charge in [0.05, 0.1) is 30.6 Å². The first-order chi connectivity index (χ1) is 19.2. The molecule has 1 saturated carbocycles. The van der Waals surface area contributed by atoms with Crippen molar-refractivity contribution in [3.8, 4) is 5.75 Å². The zero-order chi connectivity index (χ0) is 28.2. The summed E-state index contributed by atoms with van der Waals surface area (Å²) in [6.07, 6.45) is 5.21. The van der Waals surface area contributed by atoms with Crippen molar-refractivity contribution in [2.75, 3.05) is 35.2 Å². The molecular weight excluding hydrogens is 542 g/mol. The van der Waals surface area contributed by atoms with Gasteiger partial charge < -0.3 is 25.1 Å². The van der Waals surface area contributed by atoms with Crippen LogP contribution in [0.5, 0.6) is 5.75 Å². The number of carbonyl (C=O) groups excluding carboxylic acids is 1. The highest BCUT2D eigenvalue weighted by atomic mass is 35.5. The summed E-state index contributed by atoms with van der Waals surface area (Å²) in [4.78, 5) is 35.4. The van der Waals surface area contributed by atoms with E-state index in [0.29, 0.717) is 47.5 Å². The van der Waals surface area contributed by atoms with E-state index in [1.165, 1.54) is 24.6 Å². The molecule has 3 atom stereocenters. The number of hydrogen-bond donors (Lipinski definition) is 2. The maximum absolute atomic E-state index is 14.4. The van der Waals surface area contributed by atoms with Crippen molar-refractivity contribution in [1.29, 1.82) is 0 Å². The van der Waals surface area contributed by atoms with Crippen LogP contribution >= 0.6 is 11.6 Å². The summed E-state index contributed by atoms with van der Waals surface area (Å²) in [7, 11) is 0. The van der Waals surface area contributed by atoms with Crippen LogP contribution < -0.4 is 25.8 Å². The van der Waals surface area contributed by atoms with Crippen molar-refractivity contribution in [3.63, 3.8) is 0 Å². The number of piperidine rings is 1. The largest absolute Gasteiger partial charge is 0.486 e. The van der Waals surface area contributed by atoms with Crippen LogP contribution in [-0.4, -0.2) is 52.5 Å². The number of ether oxygens (including phenoxy) is 1. The second kappa shape index (κ2) is 10.2. The van der Waals surface area contributed by atoms with E-state index in [0.717, 1.165) is 24.6 Å². The number of carbonyl (C=O) groups is 1. The minimum atomic E-state index is -2.76. The van der Waals surface area contributed by atoms with Gasteiger partial charge in [0.15, 0.2) is 5.82 Å². The summed E-state index contributed by atoms with van der Waals surface area (Å²) in [5, 5.41) is 7.80. The number of fused-ring (bicyclic) bond motifs is 3. The Kier molecular flexibility index (Phi) is 6.80. The molecule has 2 fully saturated rings. The maximum Gasteiger partial charge on any atom is 0.295 e. The number of aromatic nitrogens is 3. The molecule has 1 aliphatic carbocycles. The van der Waals surface area contributed by atoms with Crippen LogP contribution in [0.1, 0.15) is 33.1 Å².